The number of hydrogen-bond donors (Lipinski definition) is 1. The second-order valence-electron chi connectivity index (χ2n) is 5.36. The first kappa shape index (κ1) is 13.7. The van der Waals surface area contributed by atoms with Crippen molar-refractivity contribution in [1.82, 2.24) is 10.2 Å². The first-order chi connectivity index (χ1) is 7.47. The maximum absolute atomic E-state index is 3.51. The van der Waals surface area contributed by atoms with Crippen LogP contribution in [0.1, 0.15) is 26.3 Å². The lowest BCUT2D eigenvalue weighted by molar-refractivity contribution is 0.312. The van der Waals surface area contributed by atoms with E-state index in [0.29, 0.717) is 0 Å². The standard InChI is InChI=1S/C13H24N2S/c1-13(2,3)14-7-9-15(4)8-5-12-6-10-16-11-12/h6,10-11,14H,5,7-9H2,1-4H3. The lowest BCUT2D eigenvalue weighted by Gasteiger charge is -2.23. The van der Waals surface area contributed by atoms with Gasteiger partial charge in [-0.05, 0) is 56.6 Å². The Bertz CT molecular complexity index is 275. The molecule has 0 amide bonds. The molecule has 0 fully saturated rings. The van der Waals surface area contributed by atoms with E-state index in [-0.39, 0.29) is 5.54 Å². The van der Waals surface area contributed by atoms with Gasteiger partial charge in [-0.3, -0.25) is 0 Å². The molecule has 1 rings (SSSR count). The Labute approximate surface area is 104 Å². The first-order valence-corrected chi connectivity index (χ1v) is 6.86. The second kappa shape index (κ2) is 6.38. The Balaban J connectivity index is 2.09. The van der Waals surface area contributed by atoms with Crippen molar-refractivity contribution in [3.05, 3.63) is 22.4 Å². The van der Waals surface area contributed by atoms with Gasteiger partial charge in [-0.1, -0.05) is 0 Å². The zero-order chi connectivity index (χ0) is 12.0. The highest BCUT2D eigenvalue weighted by Crippen LogP contribution is 2.06. The van der Waals surface area contributed by atoms with Crippen LogP contribution in [0.5, 0.6) is 0 Å². The summed E-state index contributed by atoms with van der Waals surface area (Å²) in [5.41, 5.74) is 1.69. The summed E-state index contributed by atoms with van der Waals surface area (Å²) in [6, 6.07) is 2.21. The summed E-state index contributed by atoms with van der Waals surface area (Å²) in [5, 5.41) is 7.89. The molecule has 1 aromatic heterocycles. The van der Waals surface area contributed by atoms with Crippen molar-refractivity contribution in [1.29, 1.82) is 0 Å². The number of thiophene rings is 1. The summed E-state index contributed by atoms with van der Waals surface area (Å²) in [6.45, 7) is 9.93. The topological polar surface area (TPSA) is 15.3 Å². The molecular weight excluding hydrogens is 216 g/mol. The Morgan fingerprint density at radius 3 is 2.62 bits per heavy atom. The second-order valence-corrected chi connectivity index (χ2v) is 6.14. The molecule has 0 saturated carbocycles. The highest BCUT2D eigenvalue weighted by atomic mass is 32.1. The Morgan fingerprint density at radius 2 is 2.06 bits per heavy atom. The van der Waals surface area contributed by atoms with E-state index in [4.69, 9.17) is 0 Å². The van der Waals surface area contributed by atoms with Crippen LogP contribution in [-0.4, -0.2) is 37.1 Å². The van der Waals surface area contributed by atoms with E-state index in [1.807, 2.05) is 0 Å². The van der Waals surface area contributed by atoms with Crippen LogP contribution in [0.15, 0.2) is 16.8 Å². The largest absolute Gasteiger partial charge is 0.311 e. The quantitative estimate of drug-likeness (QED) is 0.822. The summed E-state index contributed by atoms with van der Waals surface area (Å²) >= 11 is 1.78. The number of rotatable bonds is 6. The van der Waals surface area contributed by atoms with E-state index >= 15 is 0 Å². The van der Waals surface area contributed by atoms with Gasteiger partial charge in [0.2, 0.25) is 0 Å². The molecule has 1 aromatic rings. The fourth-order valence-electron chi connectivity index (χ4n) is 1.49. The summed E-state index contributed by atoms with van der Waals surface area (Å²) in [4.78, 5) is 2.39. The number of nitrogens with zero attached hydrogens (tertiary/aromatic N) is 1. The van der Waals surface area contributed by atoms with Crippen LogP contribution < -0.4 is 5.32 Å². The van der Waals surface area contributed by atoms with Gasteiger partial charge in [0.05, 0.1) is 0 Å². The third-order valence-electron chi connectivity index (χ3n) is 2.51. The Morgan fingerprint density at radius 1 is 1.31 bits per heavy atom. The fraction of sp³-hybridized carbons (Fsp3) is 0.692. The van der Waals surface area contributed by atoms with Crippen molar-refractivity contribution in [2.45, 2.75) is 32.7 Å². The molecule has 16 heavy (non-hydrogen) atoms. The molecule has 0 aromatic carbocycles. The SMILES string of the molecule is CN(CCNC(C)(C)C)CCc1ccsc1. The zero-order valence-corrected chi connectivity index (χ0v) is 11.7. The van der Waals surface area contributed by atoms with Crippen molar-refractivity contribution >= 4 is 11.3 Å². The summed E-state index contributed by atoms with van der Waals surface area (Å²) in [7, 11) is 2.19. The minimum atomic E-state index is 0.230. The lowest BCUT2D eigenvalue weighted by Crippen LogP contribution is -2.40. The van der Waals surface area contributed by atoms with E-state index in [2.05, 4.69) is 54.9 Å². The van der Waals surface area contributed by atoms with E-state index < -0.39 is 0 Å². The highest BCUT2D eigenvalue weighted by molar-refractivity contribution is 7.07. The average molecular weight is 240 g/mol. The van der Waals surface area contributed by atoms with E-state index in [9.17, 15) is 0 Å². The Hall–Kier alpha value is -0.380. The van der Waals surface area contributed by atoms with Gasteiger partial charge in [0.25, 0.3) is 0 Å². The fourth-order valence-corrected chi connectivity index (χ4v) is 2.19. The van der Waals surface area contributed by atoms with Gasteiger partial charge in [-0.2, -0.15) is 11.3 Å². The third-order valence-corrected chi connectivity index (χ3v) is 3.24. The smallest absolute Gasteiger partial charge is 0.0104 e. The molecule has 0 aliphatic rings. The summed E-state index contributed by atoms with van der Waals surface area (Å²) in [5.74, 6) is 0. The molecule has 2 nitrogen and oxygen atoms in total. The molecule has 1 N–H and O–H groups in total. The van der Waals surface area contributed by atoms with Gasteiger partial charge in [-0.25, -0.2) is 0 Å². The summed E-state index contributed by atoms with van der Waals surface area (Å²) < 4.78 is 0. The lowest BCUT2D eigenvalue weighted by atomic mass is 10.1. The highest BCUT2D eigenvalue weighted by Gasteiger charge is 2.08. The van der Waals surface area contributed by atoms with Crippen molar-refractivity contribution in [3.8, 4) is 0 Å². The van der Waals surface area contributed by atoms with Crippen molar-refractivity contribution in [2.24, 2.45) is 0 Å². The van der Waals surface area contributed by atoms with Crippen LogP contribution >= 0.6 is 11.3 Å². The van der Waals surface area contributed by atoms with Gasteiger partial charge in [-0.15, -0.1) is 0 Å². The molecule has 1 heterocycles. The van der Waals surface area contributed by atoms with Crippen LogP contribution in [0.3, 0.4) is 0 Å². The van der Waals surface area contributed by atoms with Gasteiger partial charge < -0.3 is 10.2 Å². The van der Waals surface area contributed by atoms with Crippen LogP contribution in [0, 0.1) is 0 Å². The van der Waals surface area contributed by atoms with Crippen molar-refractivity contribution < 1.29 is 0 Å². The van der Waals surface area contributed by atoms with Gasteiger partial charge in [0, 0.05) is 25.2 Å². The number of nitrogens with one attached hydrogen (secondary N) is 1. The molecule has 0 bridgehead atoms. The molecule has 0 radical (unpaired) electrons. The van der Waals surface area contributed by atoms with Crippen LogP contribution in [0.4, 0.5) is 0 Å². The average Bonchev–Trinajstić information content (AvgIpc) is 2.65. The zero-order valence-electron chi connectivity index (χ0n) is 10.9. The number of likely N-dealkylation sites (N-methyl/N-ethyl adjacent to an activating group) is 1. The minimum absolute atomic E-state index is 0.230. The molecular formula is C13H24N2S. The molecule has 0 unspecified atom stereocenters. The van der Waals surface area contributed by atoms with E-state index in [1.165, 1.54) is 5.56 Å². The van der Waals surface area contributed by atoms with E-state index in [1.54, 1.807) is 11.3 Å². The molecule has 0 atom stereocenters. The Kier molecular flexibility index (Phi) is 5.46. The first-order valence-electron chi connectivity index (χ1n) is 5.92. The predicted octanol–water partition coefficient (Wildman–Crippen LogP) is 2.61. The van der Waals surface area contributed by atoms with Gasteiger partial charge in [0.1, 0.15) is 0 Å². The molecule has 3 heteroatoms. The van der Waals surface area contributed by atoms with Crippen LogP contribution in [0.2, 0.25) is 0 Å². The maximum Gasteiger partial charge on any atom is 0.0104 e. The monoisotopic (exact) mass is 240 g/mol. The number of hydrogen-bond acceptors (Lipinski definition) is 3. The molecule has 0 spiro atoms. The van der Waals surface area contributed by atoms with Gasteiger partial charge in [0.15, 0.2) is 0 Å². The van der Waals surface area contributed by atoms with Crippen LogP contribution in [0.25, 0.3) is 0 Å². The molecule has 92 valence electrons. The summed E-state index contributed by atoms with van der Waals surface area (Å²) in [6.07, 6.45) is 1.16. The molecule has 0 aliphatic heterocycles. The molecule has 0 aliphatic carbocycles. The van der Waals surface area contributed by atoms with Crippen LogP contribution in [-0.2, 0) is 6.42 Å². The van der Waals surface area contributed by atoms with Gasteiger partial charge >= 0.3 is 0 Å². The van der Waals surface area contributed by atoms with Crippen molar-refractivity contribution in [2.75, 3.05) is 26.7 Å². The predicted molar refractivity (Wildman–Crippen MR) is 73.3 cm³/mol. The third kappa shape index (κ3) is 6.26. The molecule has 0 saturated heterocycles. The minimum Gasteiger partial charge on any atom is -0.311 e. The maximum atomic E-state index is 3.51. The normalized spacial score (nSPS) is 12.3. The van der Waals surface area contributed by atoms with E-state index in [0.717, 1.165) is 26.1 Å². The van der Waals surface area contributed by atoms with Crippen molar-refractivity contribution in [3.63, 3.8) is 0 Å².